The van der Waals surface area contributed by atoms with Crippen molar-refractivity contribution in [2.24, 2.45) is 5.92 Å². The molecule has 6 heteroatoms. The molecular formula is C21H26N2O4. The topological polar surface area (TPSA) is 99.3 Å². The molecule has 0 saturated heterocycles. The number of nitrogens with one attached hydrogen (secondary N) is 2. The van der Waals surface area contributed by atoms with Crippen LogP contribution < -0.4 is 5.32 Å². The van der Waals surface area contributed by atoms with Crippen LogP contribution in [0.2, 0.25) is 0 Å². The van der Waals surface area contributed by atoms with Crippen LogP contribution in [0.5, 0.6) is 0 Å². The van der Waals surface area contributed by atoms with E-state index in [-0.39, 0.29) is 18.2 Å². The smallest absolute Gasteiger partial charge is 0.308 e. The molecule has 0 saturated carbocycles. The van der Waals surface area contributed by atoms with E-state index in [4.69, 9.17) is 0 Å². The number of H-pyrrole nitrogens is 1. The maximum absolute atomic E-state index is 12.7. The van der Waals surface area contributed by atoms with Crippen LogP contribution >= 0.6 is 0 Å². The van der Waals surface area contributed by atoms with Crippen molar-refractivity contribution in [3.8, 4) is 0 Å². The largest absolute Gasteiger partial charge is 0.481 e. The Morgan fingerprint density at radius 2 is 1.85 bits per heavy atom. The Bertz CT molecular complexity index is 824. The zero-order valence-electron chi connectivity index (χ0n) is 16.0. The molecule has 3 N–H and O–H groups in total. The Hall–Kier alpha value is -2.89. The summed E-state index contributed by atoms with van der Waals surface area (Å²) in [5, 5.41) is 12.2. The first-order valence-corrected chi connectivity index (χ1v) is 9.12. The second-order valence-corrected chi connectivity index (χ2v) is 6.72. The van der Waals surface area contributed by atoms with Crippen LogP contribution in [0, 0.1) is 12.8 Å². The standard InChI is InChI=1S/C21H26N2O4/c1-4-8-17-18(14(3)24)13(2)23-19(17)20(25)22-12-16(21(26)27)11-15-9-6-5-7-10-15/h5-7,9-10,16,23H,4,8,11-12H2,1-3H3,(H,22,25)(H,26,27). The molecule has 1 aromatic heterocycles. The molecule has 1 unspecified atom stereocenters. The zero-order chi connectivity index (χ0) is 20.0. The number of hydrogen-bond donors (Lipinski definition) is 3. The predicted octanol–water partition coefficient (Wildman–Crippen LogP) is 3.15. The fraction of sp³-hybridized carbons (Fsp3) is 0.381. The van der Waals surface area contributed by atoms with E-state index < -0.39 is 11.9 Å². The van der Waals surface area contributed by atoms with E-state index in [1.165, 1.54) is 6.92 Å². The number of hydrogen-bond acceptors (Lipinski definition) is 3. The summed E-state index contributed by atoms with van der Waals surface area (Å²) in [6.07, 6.45) is 1.73. The number of ketones is 1. The minimum absolute atomic E-state index is 0.0160. The second kappa shape index (κ2) is 9.16. The fourth-order valence-corrected chi connectivity index (χ4v) is 3.30. The van der Waals surface area contributed by atoms with Crippen molar-refractivity contribution in [3.63, 3.8) is 0 Å². The van der Waals surface area contributed by atoms with Gasteiger partial charge in [0.25, 0.3) is 5.91 Å². The molecule has 1 amide bonds. The van der Waals surface area contributed by atoms with E-state index in [9.17, 15) is 19.5 Å². The van der Waals surface area contributed by atoms with Crippen LogP contribution in [0.25, 0.3) is 0 Å². The summed E-state index contributed by atoms with van der Waals surface area (Å²) in [5.41, 5.74) is 3.18. The van der Waals surface area contributed by atoms with Crippen LogP contribution in [0.1, 0.15) is 57.9 Å². The van der Waals surface area contributed by atoms with Crippen molar-refractivity contribution in [3.05, 3.63) is 58.4 Å². The molecule has 0 aliphatic carbocycles. The summed E-state index contributed by atoms with van der Waals surface area (Å²) in [6, 6.07) is 9.31. The quantitative estimate of drug-likeness (QED) is 0.590. The van der Waals surface area contributed by atoms with Gasteiger partial charge in [-0.2, -0.15) is 0 Å². The molecular weight excluding hydrogens is 344 g/mol. The molecule has 27 heavy (non-hydrogen) atoms. The molecule has 1 heterocycles. The van der Waals surface area contributed by atoms with Gasteiger partial charge in [0.2, 0.25) is 0 Å². The molecule has 0 bridgehead atoms. The van der Waals surface area contributed by atoms with E-state index >= 15 is 0 Å². The molecule has 1 atom stereocenters. The van der Waals surface area contributed by atoms with Gasteiger partial charge in [-0.05, 0) is 37.8 Å². The molecule has 0 aliphatic rings. The third kappa shape index (κ3) is 5.06. The number of carboxylic acid groups (broad SMARTS) is 1. The lowest BCUT2D eigenvalue weighted by molar-refractivity contribution is -0.141. The van der Waals surface area contributed by atoms with E-state index in [1.807, 2.05) is 37.3 Å². The molecule has 2 aromatic rings. The lowest BCUT2D eigenvalue weighted by Crippen LogP contribution is -2.34. The normalized spacial score (nSPS) is 11.8. The SMILES string of the molecule is CCCc1c(C(=O)NCC(Cc2ccccc2)C(=O)O)[nH]c(C)c1C(C)=O. The Morgan fingerprint density at radius 1 is 1.19 bits per heavy atom. The number of Topliss-reactive ketones (excluding diaryl/α,β-unsaturated/α-hetero) is 1. The van der Waals surface area contributed by atoms with Crippen molar-refractivity contribution in [2.45, 2.75) is 40.0 Å². The van der Waals surface area contributed by atoms with Crippen molar-refractivity contribution < 1.29 is 19.5 Å². The molecule has 144 valence electrons. The average Bonchev–Trinajstić information content (AvgIpc) is 2.95. The van der Waals surface area contributed by atoms with E-state index in [0.29, 0.717) is 35.4 Å². The van der Waals surface area contributed by atoms with Gasteiger partial charge >= 0.3 is 5.97 Å². The Morgan fingerprint density at radius 3 is 2.41 bits per heavy atom. The summed E-state index contributed by atoms with van der Waals surface area (Å²) in [6.45, 7) is 5.25. The van der Waals surface area contributed by atoms with Crippen molar-refractivity contribution in [1.82, 2.24) is 10.3 Å². The monoisotopic (exact) mass is 370 g/mol. The molecule has 0 aliphatic heterocycles. The van der Waals surface area contributed by atoms with Gasteiger partial charge in [-0.1, -0.05) is 43.7 Å². The Labute approximate surface area is 159 Å². The van der Waals surface area contributed by atoms with Crippen LogP contribution in [-0.4, -0.2) is 34.3 Å². The van der Waals surface area contributed by atoms with Gasteiger partial charge in [0.15, 0.2) is 5.78 Å². The van der Waals surface area contributed by atoms with Gasteiger partial charge in [0.05, 0.1) is 5.92 Å². The highest BCUT2D eigenvalue weighted by molar-refractivity contribution is 6.02. The van der Waals surface area contributed by atoms with Crippen molar-refractivity contribution in [2.75, 3.05) is 6.54 Å². The summed E-state index contributed by atoms with van der Waals surface area (Å²) in [5.74, 6) is -2.15. The highest BCUT2D eigenvalue weighted by atomic mass is 16.4. The summed E-state index contributed by atoms with van der Waals surface area (Å²) >= 11 is 0. The van der Waals surface area contributed by atoms with Crippen LogP contribution in [0.15, 0.2) is 30.3 Å². The zero-order valence-corrected chi connectivity index (χ0v) is 16.0. The van der Waals surface area contributed by atoms with Gasteiger partial charge < -0.3 is 15.4 Å². The van der Waals surface area contributed by atoms with Crippen molar-refractivity contribution in [1.29, 1.82) is 0 Å². The highest BCUT2D eigenvalue weighted by Gasteiger charge is 2.24. The van der Waals surface area contributed by atoms with Crippen LogP contribution in [0.3, 0.4) is 0 Å². The minimum atomic E-state index is -0.958. The average molecular weight is 370 g/mol. The maximum Gasteiger partial charge on any atom is 0.308 e. The lowest BCUT2D eigenvalue weighted by Gasteiger charge is -2.14. The Balaban J connectivity index is 2.15. The second-order valence-electron chi connectivity index (χ2n) is 6.72. The number of amides is 1. The number of carbonyl (C=O) groups is 3. The van der Waals surface area contributed by atoms with Gasteiger partial charge in [-0.3, -0.25) is 14.4 Å². The summed E-state index contributed by atoms with van der Waals surface area (Å²) in [4.78, 5) is 39.2. The first-order valence-electron chi connectivity index (χ1n) is 9.12. The lowest BCUT2D eigenvalue weighted by atomic mass is 9.99. The molecule has 2 rings (SSSR count). The molecule has 0 radical (unpaired) electrons. The number of aromatic nitrogens is 1. The molecule has 6 nitrogen and oxygen atoms in total. The summed E-state index contributed by atoms with van der Waals surface area (Å²) < 4.78 is 0. The van der Waals surface area contributed by atoms with Gasteiger partial charge in [0, 0.05) is 17.8 Å². The van der Waals surface area contributed by atoms with Gasteiger partial charge in [0.1, 0.15) is 5.69 Å². The van der Waals surface area contributed by atoms with Gasteiger partial charge in [-0.15, -0.1) is 0 Å². The first kappa shape index (κ1) is 20.4. The highest BCUT2D eigenvalue weighted by Crippen LogP contribution is 2.21. The van der Waals surface area contributed by atoms with Crippen molar-refractivity contribution >= 4 is 17.7 Å². The van der Waals surface area contributed by atoms with Crippen LogP contribution in [-0.2, 0) is 17.6 Å². The van der Waals surface area contributed by atoms with E-state index in [2.05, 4.69) is 10.3 Å². The molecule has 0 spiro atoms. The predicted molar refractivity (Wildman–Crippen MR) is 103 cm³/mol. The minimum Gasteiger partial charge on any atom is -0.481 e. The number of benzene rings is 1. The van der Waals surface area contributed by atoms with Crippen LogP contribution in [0.4, 0.5) is 0 Å². The number of aryl methyl sites for hydroxylation is 1. The van der Waals surface area contributed by atoms with Gasteiger partial charge in [-0.25, -0.2) is 0 Å². The molecule has 0 fully saturated rings. The number of carboxylic acids is 1. The van der Waals surface area contributed by atoms with E-state index in [0.717, 1.165) is 12.0 Å². The van der Waals surface area contributed by atoms with E-state index in [1.54, 1.807) is 6.92 Å². The first-order chi connectivity index (χ1) is 12.8. The third-order valence-electron chi connectivity index (χ3n) is 4.55. The number of aromatic amines is 1. The number of aliphatic carboxylic acids is 1. The number of carbonyl (C=O) groups excluding carboxylic acids is 2. The molecule has 1 aromatic carbocycles. The Kier molecular flexibility index (Phi) is 6.93. The third-order valence-corrected chi connectivity index (χ3v) is 4.55. The number of rotatable bonds is 9. The maximum atomic E-state index is 12.7. The summed E-state index contributed by atoms with van der Waals surface area (Å²) in [7, 11) is 0. The fourth-order valence-electron chi connectivity index (χ4n) is 3.30.